The molecule has 0 aliphatic heterocycles. The highest BCUT2D eigenvalue weighted by Gasteiger charge is 2.23. The summed E-state index contributed by atoms with van der Waals surface area (Å²) < 4.78 is 0.410. The molecule has 25 heavy (non-hydrogen) atoms. The Hall–Kier alpha value is -1.45. The lowest BCUT2D eigenvalue weighted by molar-refractivity contribution is -0.115. The average Bonchev–Trinajstić information content (AvgIpc) is 2.97. The topological polar surface area (TPSA) is 17.1 Å². The highest BCUT2D eigenvalue weighted by atomic mass is 32.2. The van der Waals surface area contributed by atoms with Gasteiger partial charge in [0.1, 0.15) is 0 Å². The molecule has 0 unspecified atom stereocenters. The van der Waals surface area contributed by atoms with Crippen molar-refractivity contribution in [1.82, 2.24) is 0 Å². The summed E-state index contributed by atoms with van der Waals surface area (Å²) in [6.45, 7) is 2.13. The molecule has 2 aromatic rings. The standard InChI is InChI=1S/C22H24OS2/c1-17-12-13-21(23)20(17)14-22(24-15-18-8-4-2-5-9-18)25-16-19-10-6-3-7-11-19/h2-11,22H,12-16H2,1H3. The van der Waals surface area contributed by atoms with Crippen molar-refractivity contribution in [3.8, 4) is 0 Å². The van der Waals surface area contributed by atoms with E-state index in [1.54, 1.807) is 0 Å². The fraction of sp³-hybridized carbons (Fsp3) is 0.318. The van der Waals surface area contributed by atoms with Crippen molar-refractivity contribution in [3.05, 3.63) is 82.9 Å². The zero-order valence-electron chi connectivity index (χ0n) is 14.6. The fourth-order valence-corrected chi connectivity index (χ4v) is 5.49. The number of carbonyl (C=O) groups is 1. The van der Waals surface area contributed by atoms with Crippen molar-refractivity contribution in [2.75, 3.05) is 0 Å². The lowest BCUT2D eigenvalue weighted by Crippen LogP contribution is -2.06. The van der Waals surface area contributed by atoms with Crippen LogP contribution in [0.2, 0.25) is 0 Å². The number of hydrogen-bond acceptors (Lipinski definition) is 3. The van der Waals surface area contributed by atoms with Crippen molar-refractivity contribution in [1.29, 1.82) is 0 Å². The summed E-state index contributed by atoms with van der Waals surface area (Å²) in [5, 5.41) is 0. The van der Waals surface area contributed by atoms with Gasteiger partial charge in [0.05, 0.1) is 4.58 Å². The summed E-state index contributed by atoms with van der Waals surface area (Å²) in [6, 6.07) is 21.2. The van der Waals surface area contributed by atoms with Crippen molar-refractivity contribution >= 4 is 29.3 Å². The SMILES string of the molecule is CC1=C(CC(SCc2ccccc2)SCc2ccccc2)C(=O)CC1. The largest absolute Gasteiger partial charge is 0.295 e. The van der Waals surface area contributed by atoms with E-state index in [0.717, 1.165) is 29.9 Å². The molecular formula is C22H24OS2. The van der Waals surface area contributed by atoms with Crippen LogP contribution in [0.15, 0.2) is 71.8 Å². The number of hydrogen-bond donors (Lipinski definition) is 0. The van der Waals surface area contributed by atoms with E-state index in [4.69, 9.17) is 0 Å². The van der Waals surface area contributed by atoms with E-state index < -0.39 is 0 Å². The van der Waals surface area contributed by atoms with E-state index in [-0.39, 0.29) is 0 Å². The monoisotopic (exact) mass is 368 g/mol. The maximum Gasteiger partial charge on any atom is 0.159 e. The van der Waals surface area contributed by atoms with E-state index in [0.29, 0.717) is 16.8 Å². The molecule has 3 rings (SSSR count). The van der Waals surface area contributed by atoms with E-state index in [9.17, 15) is 4.79 Å². The summed E-state index contributed by atoms with van der Waals surface area (Å²) in [5.41, 5.74) is 5.09. The highest BCUT2D eigenvalue weighted by molar-refractivity contribution is 8.16. The molecule has 0 spiro atoms. The van der Waals surface area contributed by atoms with Gasteiger partial charge in [0.15, 0.2) is 5.78 Å². The number of benzene rings is 2. The summed E-state index contributed by atoms with van der Waals surface area (Å²) >= 11 is 3.92. The third kappa shape index (κ3) is 5.52. The summed E-state index contributed by atoms with van der Waals surface area (Å²) in [6.07, 6.45) is 2.55. The first-order chi connectivity index (χ1) is 12.2. The van der Waals surface area contributed by atoms with Crippen LogP contribution in [0.25, 0.3) is 0 Å². The molecule has 0 saturated carbocycles. The van der Waals surface area contributed by atoms with E-state index >= 15 is 0 Å². The van der Waals surface area contributed by atoms with Gasteiger partial charge in [-0.25, -0.2) is 0 Å². The van der Waals surface area contributed by atoms with Crippen molar-refractivity contribution in [2.45, 2.75) is 42.3 Å². The van der Waals surface area contributed by atoms with Crippen LogP contribution in [0, 0.1) is 0 Å². The van der Waals surface area contributed by atoms with Crippen LogP contribution in [0.3, 0.4) is 0 Å². The van der Waals surface area contributed by atoms with Gasteiger partial charge in [-0.15, -0.1) is 23.5 Å². The number of allylic oxidation sites excluding steroid dienone is 2. The van der Waals surface area contributed by atoms with E-state index in [2.05, 4.69) is 67.6 Å². The molecule has 2 aromatic carbocycles. The van der Waals surface area contributed by atoms with E-state index in [1.807, 2.05) is 23.5 Å². The van der Waals surface area contributed by atoms with Gasteiger partial charge >= 0.3 is 0 Å². The zero-order valence-corrected chi connectivity index (χ0v) is 16.2. The molecule has 1 aliphatic carbocycles. The number of Topliss-reactive ketones (excluding diaryl/α,β-unsaturated/α-hetero) is 1. The van der Waals surface area contributed by atoms with Gasteiger partial charge in [-0.2, -0.15) is 0 Å². The van der Waals surface area contributed by atoms with Gasteiger partial charge in [0, 0.05) is 17.9 Å². The van der Waals surface area contributed by atoms with Gasteiger partial charge in [-0.05, 0) is 36.5 Å². The van der Waals surface area contributed by atoms with E-state index in [1.165, 1.54) is 16.7 Å². The molecule has 0 fully saturated rings. The van der Waals surface area contributed by atoms with Crippen molar-refractivity contribution in [2.24, 2.45) is 0 Å². The van der Waals surface area contributed by atoms with Crippen molar-refractivity contribution in [3.63, 3.8) is 0 Å². The molecule has 0 amide bonds. The van der Waals surface area contributed by atoms with Gasteiger partial charge < -0.3 is 0 Å². The molecule has 0 aromatic heterocycles. The Morgan fingerprint density at radius 3 is 1.80 bits per heavy atom. The van der Waals surface area contributed by atoms with Crippen LogP contribution in [0.1, 0.15) is 37.3 Å². The summed E-state index contributed by atoms with van der Waals surface area (Å²) in [4.78, 5) is 12.2. The third-order valence-electron chi connectivity index (χ3n) is 4.51. The Morgan fingerprint density at radius 2 is 1.36 bits per heavy atom. The number of thioether (sulfide) groups is 2. The third-order valence-corrected chi connectivity index (χ3v) is 7.40. The molecule has 0 radical (unpaired) electrons. The van der Waals surface area contributed by atoms with Crippen LogP contribution in [-0.2, 0) is 16.3 Å². The number of ketones is 1. The molecule has 130 valence electrons. The van der Waals surface area contributed by atoms with Crippen LogP contribution in [0.5, 0.6) is 0 Å². The van der Waals surface area contributed by atoms with Gasteiger partial charge in [0.2, 0.25) is 0 Å². The van der Waals surface area contributed by atoms with Crippen LogP contribution >= 0.6 is 23.5 Å². The smallest absolute Gasteiger partial charge is 0.159 e. The normalized spacial score (nSPS) is 14.6. The Morgan fingerprint density at radius 1 is 0.840 bits per heavy atom. The molecular weight excluding hydrogens is 344 g/mol. The first kappa shape index (κ1) is 18.3. The highest BCUT2D eigenvalue weighted by Crippen LogP contribution is 2.37. The Kier molecular flexibility index (Phi) is 6.83. The average molecular weight is 369 g/mol. The fourth-order valence-electron chi connectivity index (χ4n) is 2.99. The predicted octanol–water partition coefficient (Wildman–Crippen LogP) is 6.25. The van der Waals surface area contributed by atoms with Gasteiger partial charge in [0.25, 0.3) is 0 Å². The molecule has 0 saturated heterocycles. The Balaban J connectivity index is 1.64. The molecule has 3 heteroatoms. The molecule has 1 aliphatic rings. The molecule has 0 bridgehead atoms. The van der Waals surface area contributed by atoms with Gasteiger partial charge in [-0.3, -0.25) is 4.79 Å². The van der Waals surface area contributed by atoms with Crippen LogP contribution < -0.4 is 0 Å². The second-order valence-corrected chi connectivity index (χ2v) is 9.09. The summed E-state index contributed by atoms with van der Waals surface area (Å²) in [7, 11) is 0. The lowest BCUT2D eigenvalue weighted by Gasteiger charge is -2.17. The molecule has 0 N–H and O–H groups in total. The molecule has 0 atom stereocenters. The molecule has 1 nitrogen and oxygen atoms in total. The second kappa shape index (κ2) is 9.30. The van der Waals surface area contributed by atoms with Crippen LogP contribution in [0.4, 0.5) is 0 Å². The van der Waals surface area contributed by atoms with Crippen LogP contribution in [-0.4, -0.2) is 10.4 Å². The first-order valence-electron chi connectivity index (χ1n) is 8.75. The second-order valence-electron chi connectivity index (χ2n) is 6.41. The first-order valence-corrected chi connectivity index (χ1v) is 10.8. The predicted molar refractivity (Wildman–Crippen MR) is 111 cm³/mol. The minimum absolute atomic E-state index is 0.364. The minimum atomic E-state index is 0.364. The quantitative estimate of drug-likeness (QED) is 0.513. The Bertz CT molecular complexity index is 679. The maximum atomic E-state index is 12.2. The Labute approximate surface area is 159 Å². The lowest BCUT2D eigenvalue weighted by atomic mass is 10.1. The minimum Gasteiger partial charge on any atom is -0.295 e. The van der Waals surface area contributed by atoms with Crippen molar-refractivity contribution < 1.29 is 4.79 Å². The zero-order chi connectivity index (χ0) is 17.5. The number of rotatable bonds is 8. The van der Waals surface area contributed by atoms with Gasteiger partial charge in [-0.1, -0.05) is 66.2 Å². The summed E-state index contributed by atoms with van der Waals surface area (Å²) in [5.74, 6) is 2.35. The maximum absolute atomic E-state index is 12.2. The number of carbonyl (C=O) groups excluding carboxylic acids is 1. The molecule has 0 heterocycles.